The van der Waals surface area contributed by atoms with E-state index in [9.17, 15) is 9.59 Å². The van der Waals surface area contributed by atoms with Crippen LogP contribution >= 0.6 is 23.4 Å². The van der Waals surface area contributed by atoms with Gasteiger partial charge < -0.3 is 10.3 Å². The second kappa shape index (κ2) is 7.81. The summed E-state index contributed by atoms with van der Waals surface area (Å²) in [5, 5.41) is 3.75. The normalized spacial score (nSPS) is 15.8. The maximum Gasteiger partial charge on any atom is 0.257 e. The number of H-pyrrole nitrogens is 1. The van der Waals surface area contributed by atoms with Gasteiger partial charge in [-0.1, -0.05) is 71.4 Å². The molecule has 7 heteroatoms. The molecule has 2 N–H and O–H groups in total. The Morgan fingerprint density at radius 1 is 1.18 bits per heavy atom. The summed E-state index contributed by atoms with van der Waals surface area (Å²) in [6.07, 6.45) is 0.164. The minimum atomic E-state index is -0.412. The van der Waals surface area contributed by atoms with Crippen molar-refractivity contribution in [2.24, 2.45) is 0 Å². The number of hydrogen-bond acceptors (Lipinski definition) is 4. The van der Waals surface area contributed by atoms with E-state index in [1.165, 1.54) is 17.3 Å². The Morgan fingerprint density at radius 3 is 2.79 bits per heavy atom. The number of rotatable bonds is 4. The zero-order valence-corrected chi connectivity index (χ0v) is 16.7. The molecule has 2 aromatic carbocycles. The summed E-state index contributed by atoms with van der Waals surface area (Å²) < 4.78 is 0. The Balaban J connectivity index is 1.67. The highest BCUT2D eigenvalue weighted by Crippen LogP contribution is 2.37. The van der Waals surface area contributed by atoms with E-state index in [-0.39, 0.29) is 17.9 Å². The smallest absolute Gasteiger partial charge is 0.257 e. The standard InChI is InChI=1S/C21H18ClN3O2S/c1-12-5-4-6-13(9-12)11-28-21-24-19-18(20(27)25-21)15(10-17(26)23-19)14-7-2-3-8-16(14)22/h2-9,15H,10-11H2,1H3,(H2,23,24,25,26,27). The Labute approximate surface area is 171 Å². The van der Waals surface area contributed by atoms with Crippen molar-refractivity contribution in [3.8, 4) is 0 Å². The Kier molecular flexibility index (Phi) is 5.24. The summed E-state index contributed by atoms with van der Waals surface area (Å²) in [5.41, 5.74) is 3.28. The van der Waals surface area contributed by atoms with Crippen molar-refractivity contribution in [3.63, 3.8) is 0 Å². The number of nitrogens with zero attached hydrogens (tertiary/aromatic N) is 1. The summed E-state index contributed by atoms with van der Waals surface area (Å²) in [7, 11) is 0. The predicted molar refractivity (Wildman–Crippen MR) is 112 cm³/mol. The molecule has 28 heavy (non-hydrogen) atoms. The second-order valence-corrected chi connectivity index (χ2v) is 8.11. The molecule has 0 fully saturated rings. The van der Waals surface area contributed by atoms with Crippen LogP contribution in [0.1, 0.15) is 34.6 Å². The molecule has 1 aliphatic rings. The molecule has 0 spiro atoms. The first-order valence-electron chi connectivity index (χ1n) is 8.88. The van der Waals surface area contributed by atoms with Gasteiger partial charge >= 0.3 is 0 Å². The van der Waals surface area contributed by atoms with E-state index >= 15 is 0 Å². The van der Waals surface area contributed by atoms with E-state index in [0.717, 1.165) is 11.1 Å². The van der Waals surface area contributed by atoms with Gasteiger partial charge in [-0.25, -0.2) is 4.98 Å². The Bertz CT molecular complexity index is 1110. The van der Waals surface area contributed by atoms with Gasteiger partial charge in [-0.05, 0) is 24.1 Å². The van der Waals surface area contributed by atoms with E-state index < -0.39 is 5.92 Å². The fourth-order valence-electron chi connectivity index (χ4n) is 3.40. The Hall–Kier alpha value is -2.57. The number of carbonyl (C=O) groups excluding carboxylic acids is 1. The number of nitrogens with one attached hydrogen (secondary N) is 2. The van der Waals surface area contributed by atoms with Crippen LogP contribution in [0, 0.1) is 6.92 Å². The van der Waals surface area contributed by atoms with Crippen molar-refractivity contribution >= 4 is 35.1 Å². The zero-order valence-electron chi connectivity index (χ0n) is 15.2. The van der Waals surface area contributed by atoms with Crippen LogP contribution in [0.4, 0.5) is 5.82 Å². The first kappa shape index (κ1) is 18.8. The molecule has 2 heterocycles. The van der Waals surface area contributed by atoms with E-state index in [1.807, 2.05) is 43.3 Å². The van der Waals surface area contributed by atoms with Crippen molar-refractivity contribution in [3.05, 3.63) is 86.2 Å². The fourth-order valence-corrected chi connectivity index (χ4v) is 4.47. The maximum absolute atomic E-state index is 12.8. The first-order valence-corrected chi connectivity index (χ1v) is 10.2. The monoisotopic (exact) mass is 411 g/mol. The van der Waals surface area contributed by atoms with E-state index in [2.05, 4.69) is 21.4 Å². The average Bonchev–Trinajstić information content (AvgIpc) is 2.66. The van der Waals surface area contributed by atoms with Gasteiger partial charge in [0.1, 0.15) is 5.82 Å². The van der Waals surface area contributed by atoms with Crippen LogP contribution in [-0.4, -0.2) is 15.9 Å². The van der Waals surface area contributed by atoms with Crippen LogP contribution < -0.4 is 10.9 Å². The molecule has 0 aliphatic carbocycles. The molecular weight excluding hydrogens is 394 g/mol. The highest BCUT2D eigenvalue weighted by atomic mass is 35.5. The fraction of sp³-hybridized carbons (Fsp3) is 0.190. The molecule has 0 saturated carbocycles. The molecule has 5 nitrogen and oxygen atoms in total. The molecule has 1 amide bonds. The maximum atomic E-state index is 12.8. The molecule has 3 aromatic rings. The van der Waals surface area contributed by atoms with E-state index in [4.69, 9.17) is 11.6 Å². The van der Waals surface area contributed by atoms with Gasteiger partial charge in [-0.15, -0.1) is 0 Å². The zero-order chi connectivity index (χ0) is 19.7. The lowest BCUT2D eigenvalue weighted by molar-refractivity contribution is -0.116. The van der Waals surface area contributed by atoms with Crippen LogP contribution in [0.5, 0.6) is 0 Å². The highest BCUT2D eigenvalue weighted by molar-refractivity contribution is 7.98. The number of hydrogen-bond donors (Lipinski definition) is 2. The molecule has 4 rings (SSSR count). The number of halogens is 1. The van der Waals surface area contributed by atoms with Gasteiger partial charge in [-0.2, -0.15) is 0 Å². The van der Waals surface area contributed by atoms with Gasteiger partial charge in [0.2, 0.25) is 5.91 Å². The number of thioether (sulfide) groups is 1. The lowest BCUT2D eigenvalue weighted by Gasteiger charge is -2.25. The topological polar surface area (TPSA) is 74.8 Å². The number of aryl methyl sites for hydroxylation is 1. The van der Waals surface area contributed by atoms with Crippen LogP contribution in [-0.2, 0) is 10.5 Å². The van der Waals surface area contributed by atoms with Crippen molar-refractivity contribution < 1.29 is 4.79 Å². The van der Waals surface area contributed by atoms with Gasteiger partial charge in [0.05, 0.1) is 5.56 Å². The van der Waals surface area contributed by atoms with Crippen molar-refractivity contribution in [2.75, 3.05) is 5.32 Å². The third kappa shape index (κ3) is 3.84. The van der Waals surface area contributed by atoms with Crippen molar-refractivity contribution in [1.82, 2.24) is 9.97 Å². The number of aromatic amines is 1. The highest BCUT2D eigenvalue weighted by Gasteiger charge is 2.32. The van der Waals surface area contributed by atoms with E-state index in [0.29, 0.717) is 27.3 Å². The lowest BCUT2D eigenvalue weighted by atomic mass is 9.87. The minimum absolute atomic E-state index is 0.164. The minimum Gasteiger partial charge on any atom is -0.310 e. The average molecular weight is 412 g/mol. The lowest BCUT2D eigenvalue weighted by Crippen LogP contribution is -2.31. The SMILES string of the molecule is Cc1cccc(CSc2nc3c(c(=O)[nH]2)C(c2ccccc2Cl)CC(=O)N3)c1. The van der Waals surface area contributed by atoms with Gasteiger partial charge in [0, 0.05) is 23.1 Å². The number of fused-ring (bicyclic) bond motifs is 1. The van der Waals surface area contributed by atoms with Crippen LogP contribution in [0.2, 0.25) is 5.02 Å². The molecule has 1 unspecified atom stereocenters. The summed E-state index contributed by atoms with van der Waals surface area (Å²) in [6, 6.07) is 15.4. The molecule has 1 aliphatic heterocycles. The number of amides is 1. The number of aromatic nitrogens is 2. The number of carbonyl (C=O) groups is 1. The largest absolute Gasteiger partial charge is 0.310 e. The van der Waals surface area contributed by atoms with Crippen molar-refractivity contribution in [2.45, 2.75) is 30.2 Å². The third-order valence-corrected chi connectivity index (χ3v) is 5.96. The van der Waals surface area contributed by atoms with Gasteiger partial charge in [0.15, 0.2) is 5.16 Å². The molecule has 0 radical (unpaired) electrons. The summed E-state index contributed by atoms with van der Waals surface area (Å²) in [6.45, 7) is 2.04. The van der Waals surface area contributed by atoms with Crippen molar-refractivity contribution in [1.29, 1.82) is 0 Å². The van der Waals surface area contributed by atoms with Crippen LogP contribution in [0.25, 0.3) is 0 Å². The first-order chi connectivity index (χ1) is 13.5. The predicted octanol–water partition coefficient (Wildman–Crippen LogP) is 4.50. The molecular formula is C21H18ClN3O2S. The van der Waals surface area contributed by atoms with Crippen LogP contribution in [0.3, 0.4) is 0 Å². The quantitative estimate of drug-likeness (QED) is 0.489. The van der Waals surface area contributed by atoms with Gasteiger partial charge in [-0.3, -0.25) is 9.59 Å². The number of anilines is 1. The van der Waals surface area contributed by atoms with E-state index in [1.54, 1.807) is 6.07 Å². The Morgan fingerprint density at radius 2 is 2.00 bits per heavy atom. The molecule has 1 atom stereocenters. The second-order valence-electron chi connectivity index (χ2n) is 6.74. The summed E-state index contributed by atoms with van der Waals surface area (Å²) in [5.74, 6) is 0.400. The van der Waals surface area contributed by atoms with Gasteiger partial charge in [0.25, 0.3) is 5.56 Å². The molecule has 142 valence electrons. The van der Waals surface area contributed by atoms with Crippen LogP contribution in [0.15, 0.2) is 58.5 Å². The third-order valence-electron chi connectivity index (χ3n) is 4.67. The molecule has 1 aromatic heterocycles. The summed E-state index contributed by atoms with van der Waals surface area (Å²) >= 11 is 7.74. The molecule has 0 bridgehead atoms. The number of benzene rings is 2. The molecule has 0 saturated heterocycles. The summed E-state index contributed by atoms with van der Waals surface area (Å²) in [4.78, 5) is 32.5.